The number of rotatable bonds is 5. The van der Waals surface area contributed by atoms with Crippen molar-refractivity contribution < 1.29 is 9.53 Å². The Hall–Kier alpha value is -2.93. The molecule has 3 aromatic rings. The lowest BCUT2D eigenvalue weighted by atomic mass is 9.93. The third-order valence-corrected chi connectivity index (χ3v) is 4.97. The summed E-state index contributed by atoms with van der Waals surface area (Å²) in [5.74, 6) is -0.139. The zero-order valence-electron chi connectivity index (χ0n) is 15.1. The van der Waals surface area contributed by atoms with Crippen LogP contribution in [0.1, 0.15) is 36.2 Å². The van der Waals surface area contributed by atoms with Crippen molar-refractivity contribution in [3.05, 3.63) is 59.5 Å². The van der Waals surface area contributed by atoms with Gasteiger partial charge in [-0.3, -0.25) is 9.89 Å². The number of H-pyrrole nitrogens is 1. The van der Waals surface area contributed by atoms with Crippen LogP contribution >= 0.6 is 11.6 Å². The summed E-state index contributed by atoms with van der Waals surface area (Å²) in [6, 6.07) is 12.0. The molecular weight excluding hydrogens is 378 g/mol. The molecule has 1 amide bonds. The van der Waals surface area contributed by atoms with E-state index in [2.05, 4.69) is 25.5 Å². The van der Waals surface area contributed by atoms with E-state index in [1.165, 1.54) is 12.4 Å². The van der Waals surface area contributed by atoms with Crippen molar-refractivity contribution in [2.24, 2.45) is 0 Å². The molecule has 2 N–H and O–H groups in total. The molecule has 2 heterocycles. The number of aromatic nitrogens is 4. The van der Waals surface area contributed by atoms with Gasteiger partial charge in [0.25, 0.3) is 5.91 Å². The molecule has 0 spiro atoms. The highest BCUT2D eigenvalue weighted by molar-refractivity contribution is 6.30. The fourth-order valence-electron chi connectivity index (χ4n) is 3.29. The van der Waals surface area contributed by atoms with Crippen molar-refractivity contribution in [2.75, 3.05) is 0 Å². The van der Waals surface area contributed by atoms with Crippen molar-refractivity contribution in [1.82, 2.24) is 25.5 Å². The molecular formula is C20H20ClN5O2. The van der Waals surface area contributed by atoms with Crippen LogP contribution in [0.4, 0.5) is 0 Å². The number of benzene rings is 1. The minimum atomic E-state index is -0.139. The van der Waals surface area contributed by atoms with Gasteiger partial charge in [-0.15, -0.1) is 0 Å². The molecule has 1 aromatic carbocycles. The molecule has 0 atom stereocenters. The molecule has 1 fully saturated rings. The van der Waals surface area contributed by atoms with Crippen molar-refractivity contribution in [2.45, 2.75) is 37.8 Å². The van der Waals surface area contributed by atoms with Gasteiger partial charge < -0.3 is 10.1 Å². The first kappa shape index (κ1) is 18.4. The Morgan fingerprint density at radius 2 is 1.82 bits per heavy atom. The number of aromatic amines is 1. The molecule has 0 aliphatic heterocycles. The van der Waals surface area contributed by atoms with Crippen LogP contribution in [0.5, 0.6) is 6.01 Å². The summed E-state index contributed by atoms with van der Waals surface area (Å²) in [6.45, 7) is 0. The minimum absolute atomic E-state index is 0.0474. The Morgan fingerprint density at radius 1 is 1.11 bits per heavy atom. The lowest BCUT2D eigenvalue weighted by Gasteiger charge is -2.28. The average molecular weight is 398 g/mol. The van der Waals surface area contributed by atoms with Crippen molar-refractivity contribution >= 4 is 17.5 Å². The van der Waals surface area contributed by atoms with E-state index in [1.807, 2.05) is 30.3 Å². The van der Waals surface area contributed by atoms with Crippen molar-refractivity contribution in [1.29, 1.82) is 0 Å². The molecule has 2 aromatic heterocycles. The summed E-state index contributed by atoms with van der Waals surface area (Å²) in [4.78, 5) is 20.6. The first-order valence-electron chi connectivity index (χ1n) is 9.23. The average Bonchev–Trinajstić information content (AvgIpc) is 3.22. The van der Waals surface area contributed by atoms with E-state index in [-0.39, 0.29) is 18.1 Å². The predicted octanol–water partition coefficient (Wildman–Crippen LogP) is 3.64. The second-order valence-corrected chi connectivity index (χ2v) is 7.22. The molecule has 1 aliphatic carbocycles. The Labute approximate surface area is 167 Å². The van der Waals surface area contributed by atoms with Gasteiger partial charge in [0, 0.05) is 11.6 Å². The minimum Gasteiger partial charge on any atom is -0.460 e. The fraction of sp³-hybridized carbons (Fsp3) is 0.300. The summed E-state index contributed by atoms with van der Waals surface area (Å²) < 4.78 is 5.79. The quantitative estimate of drug-likeness (QED) is 0.685. The number of carbonyl (C=O) groups excluding carboxylic acids is 1. The van der Waals surface area contributed by atoms with E-state index in [9.17, 15) is 4.79 Å². The topological polar surface area (TPSA) is 92.8 Å². The maximum Gasteiger partial charge on any atom is 0.316 e. The van der Waals surface area contributed by atoms with Gasteiger partial charge in [-0.1, -0.05) is 41.9 Å². The molecule has 28 heavy (non-hydrogen) atoms. The van der Waals surface area contributed by atoms with E-state index in [4.69, 9.17) is 16.3 Å². The maximum absolute atomic E-state index is 12.5. The lowest BCUT2D eigenvalue weighted by molar-refractivity contribution is 0.0880. The zero-order chi connectivity index (χ0) is 19.3. The molecule has 0 saturated heterocycles. The predicted molar refractivity (Wildman–Crippen MR) is 105 cm³/mol. The van der Waals surface area contributed by atoms with E-state index in [0.29, 0.717) is 16.7 Å². The standard InChI is InChI=1S/C20H20ClN5O2/c21-14-11-22-20(23-12-14)28-16-8-6-15(7-9-16)24-19(27)18-10-17(25-26-18)13-4-2-1-3-5-13/h1-5,10-12,15-16H,6-9H2,(H,24,27)(H,25,26). The van der Waals surface area contributed by atoms with E-state index in [0.717, 1.165) is 36.9 Å². The molecule has 0 radical (unpaired) electrons. The van der Waals surface area contributed by atoms with Gasteiger partial charge >= 0.3 is 6.01 Å². The summed E-state index contributed by atoms with van der Waals surface area (Å²) in [6.07, 6.45) is 6.41. The summed E-state index contributed by atoms with van der Waals surface area (Å²) >= 11 is 5.78. The Kier molecular flexibility index (Phi) is 5.53. The van der Waals surface area contributed by atoms with E-state index >= 15 is 0 Å². The number of nitrogens with zero attached hydrogens (tertiary/aromatic N) is 3. The Bertz CT molecular complexity index is 921. The van der Waals surface area contributed by atoms with Crippen LogP contribution in [0.3, 0.4) is 0 Å². The van der Waals surface area contributed by atoms with Crippen molar-refractivity contribution in [3.8, 4) is 17.3 Å². The summed E-state index contributed by atoms with van der Waals surface area (Å²) in [7, 11) is 0. The van der Waals surface area contributed by atoms with Crippen LogP contribution in [0.15, 0.2) is 48.8 Å². The smallest absolute Gasteiger partial charge is 0.316 e. The van der Waals surface area contributed by atoms with Gasteiger partial charge in [0.05, 0.1) is 23.1 Å². The first-order chi connectivity index (χ1) is 13.7. The molecule has 4 rings (SSSR count). The van der Waals surface area contributed by atoms with Crippen LogP contribution in [-0.2, 0) is 0 Å². The number of ether oxygens (including phenoxy) is 1. The zero-order valence-corrected chi connectivity index (χ0v) is 15.9. The number of carbonyl (C=O) groups is 1. The summed E-state index contributed by atoms with van der Waals surface area (Å²) in [5, 5.41) is 10.6. The normalized spacial score (nSPS) is 19.2. The second-order valence-electron chi connectivity index (χ2n) is 6.78. The van der Waals surface area contributed by atoms with Crippen LogP contribution < -0.4 is 10.1 Å². The van der Waals surface area contributed by atoms with Crippen LogP contribution in [0, 0.1) is 0 Å². The van der Waals surface area contributed by atoms with Crippen LogP contribution in [-0.4, -0.2) is 38.2 Å². The number of amides is 1. The molecule has 1 aliphatic rings. The number of halogens is 1. The molecule has 0 unspecified atom stereocenters. The SMILES string of the molecule is O=C(NC1CCC(Oc2ncc(Cl)cn2)CC1)c1cc(-c2ccccc2)n[nH]1. The highest BCUT2D eigenvalue weighted by Gasteiger charge is 2.25. The highest BCUT2D eigenvalue weighted by atomic mass is 35.5. The molecule has 1 saturated carbocycles. The number of hydrogen-bond donors (Lipinski definition) is 2. The lowest BCUT2D eigenvalue weighted by Crippen LogP contribution is -2.40. The van der Waals surface area contributed by atoms with Crippen molar-refractivity contribution in [3.63, 3.8) is 0 Å². The first-order valence-corrected chi connectivity index (χ1v) is 9.61. The third-order valence-electron chi connectivity index (χ3n) is 4.77. The van der Waals surface area contributed by atoms with Gasteiger partial charge in [-0.2, -0.15) is 5.10 Å². The molecule has 7 nitrogen and oxygen atoms in total. The molecule has 144 valence electrons. The van der Waals surface area contributed by atoms with E-state index < -0.39 is 0 Å². The van der Waals surface area contributed by atoms with E-state index in [1.54, 1.807) is 6.07 Å². The monoisotopic (exact) mass is 397 g/mol. The van der Waals surface area contributed by atoms with Crippen LogP contribution in [0.25, 0.3) is 11.3 Å². The van der Waals surface area contributed by atoms with Gasteiger partial charge in [0.15, 0.2) is 0 Å². The summed E-state index contributed by atoms with van der Waals surface area (Å²) in [5.41, 5.74) is 2.19. The Morgan fingerprint density at radius 3 is 2.54 bits per heavy atom. The third kappa shape index (κ3) is 4.48. The maximum atomic E-state index is 12.5. The molecule has 0 bridgehead atoms. The van der Waals surface area contributed by atoms with Crippen LogP contribution in [0.2, 0.25) is 5.02 Å². The molecule has 8 heteroatoms. The fourth-order valence-corrected chi connectivity index (χ4v) is 3.39. The van der Waals surface area contributed by atoms with Gasteiger partial charge in [-0.05, 0) is 31.7 Å². The Balaban J connectivity index is 1.28. The largest absolute Gasteiger partial charge is 0.460 e. The van der Waals surface area contributed by atoms with Gasteiger partial charge in [-0.25, -0.2) is 9.97 Å². The number of nitrogens with one attached hydrogen (secondary N) is 2. The van der Waals surface area contributed by atoms with Gasteiger partial charge in [0.1, 0.15) is 11.8 Å². The highest BCUT2D eigenvalue weighted by Crippen LogP contribution is 2.23. The number of hydrogen-bond acceptors (Lipinski definition) is 5. The van der Waals surface area contributed by atoms with Gasteiger partial charge in [0.2, 0.25) is 0 Å². The second kappa shape index (κ2) is 8.39.